The third kappa shape index (κ3) is 4.26. The largest absolute Gasteiger partial charge is 0.365 e. The first-order valence-electron chi connectivity index (χ1n) is 9.78. The summed E-state index contributed by atoms with van der Waals surface area (Å²) >= 11 is 0. The summed E-state index contributed by atoms with van der Waals surface area (Å²) in [7, 11) is -3.06. The van der Waals surface area contributed by atoms with Crippen LogP contribution in [0.1, 0.15) is 53.5 Å². The fraction of sp³-hybridized carbons (Fsp3) is 0.579. The quantitative estimate of drug-likeness (QED) is 0.704. The minimum absolute atomic E-state index is 0.0491. The van der Waals surface area contributed by atoms with E-state index in [0.29, 0.717) is 25.0 Å². The van der Waals surface area contributed by atoms with Crippen LogP contribution >= 0.6 is 0 Å². The summed E-state index contributed by atoms with van der Waals surface area (Å²) in [4.78, 5) is 30.6. The lowest BCUT2D eigenvalue weighted by molar-refractivity contribution is -0.133. The van der Waals surface area contributed by atoms with Crippen LogP contribution in [0, 0.1) is 13.8 Å². The Hall–Kier alpha value is -2.49. The highest BCUT2D eigenvalue weighted by Gasteiger charge is 2.34. The minimum atomic E-state index is -3.06. The summed E-state index contributed by atoms with van der Waals surface area (Å²) in [6, 6.07) is -0.237. The lowest BCUT2D eigenvalue weighted by Gasteiger charge is -2.28. The highest BCUT2D eigenvalue weighted by atomic mass is 32.2. The van der Waals surface area contributed by atoms with Crippen molar-refractivity contribution in [3.63, 3.8) is 0 Å². The summed E-state index contributed by atoms with van der Waals surface area (Å²) in [5.74, 6) is -0.444. The van der Waals surface area contributed by atoms with Gasteiger partial charge < -0.3 is 10.6 Å². The van der Waals surface area contributed by atoms with Crippen molar-refractivity contribution in [3.05, 3.63) is 28.7 Å². The van der Waals surface area contributed by atoms with Crippen LogP contribution in [0.4, 0.5) is 0 Å². The van der Waals surface area contributed by atoms with E-state index < -0.39 is 15.7 Å². The number of sulfone groups is 1. The third-order valence-electron chi connectivity index (χ3n) is 5.50. The molecule has 1 aliphatic rings. The molecule has 3 heterocycles. The van der Waals surface area contributed by atoms with Gasteiger partial charge in [0.15, 0.2) is 15.5 Å². The van der Waals surface area contributed by atoms with E-state index in [-0.39, 0.29) is 35.4 Å². The maximum absolute atomic E-state index is 12.9. The fourth-order valence-corrected chi connectivity index (χ4v) is 5.73. The van der Waals surface area contributed by atoms with E-state index in [0.717, 1.165) is 23.4 Å². The van der Waals surface area contributed by atoms with E-state index >= 15 is 0 Å². The summed E-state index contributed by atoms with van der Waals surface area (Å²) in [5, 5.41) is 4.20. The van der Waals surface area contributed by atoms with Crippen LogP contribution in [0.3, 0.4) is 0 Å². The molecule has 158 valence electrons. The molecule has 2 N–H and O–H groups in total. The molecule has 1 fully saturated rings. The Labute approximate surface area is 170 Å². The second-order valence-electron chi connectivity index (χ2n) is 7.56. The molecule has 0 aromatic carbocycles. The number of primary amides is 1. The number of carbonyl (C=O) groups excluding carboxylic acids is 2. The zero-order chi connectivity index (χ0) is 21.3. The highest BCUT2D eigenvalue weighted by molar-refractivity contribution is 7.91. The summed E-state index contributed by atoms with van der Waals surface area (Å²) in [6.45, 7) is 6.23. The molecule has 0 bridgehead atoms. The number of nitrogens with two attached hydrogens (primary N) is 1. The van der Waals surface area contributed by atoms with E-state index in [1.54, 1.807) is 9.42 Å². The Morgan fingerprint density at radius 1 is 1.34 bits per heavy atom. The Kier molecular flexibility index (Phi) is 5.92. The molecule has 29 heavy (non-hydrogen) atoms. The molecule has 2 aromatic heterocycles. The SMILES string of the molecule is CCCN(C(=O)CCc1c(C)nc2c(C(N)=O)cnn2c1C)C1CCS(=O)(=O)C1. The zero-order valence-corrected chi connectivity index (χ0v) is 17.8. The molecule has 0 saturated carbocycles. The Bertz CT molecular complexity index is 1060. The highest BCUT2D eigenvalue weighted by Crippen LogP contribution is 2.22. The molecule has 2 aromatic rings. The first-order valence-corrected chi connectivity index (χ1v) is 11.6. The molecule has 0 aliphatic carbocycles. The number of rotatable bonds is 7. The monoisotopic (exact) mass is 421 g/mol. The van der Waals surface area contributed by atoms with Crippen molar-refractivity contribution in [2.45, 2.75) is 52.5 Å². The molecule has 0 radical (unpaired) electrons. The molecular formula is C19H27N5O4S. The predicted molar refractivity (Wildman–Crippen MR) is 108 cm³/mol. The molecule has 3 rings (SSSR count). The van der Waals surface area contributed by atoms with E-state index in [1.807, 2.05) is 20.8 Å². The van der Waals surface area contributed by atoms with Crippen LogP contribution in [0.2, 0.25) is 0 Å². The van der Waals surface area contributed by atoms with Crippen LogP contribution in [0.25, 0.3) is 5.65 Å². The van der Waals surface area contributed by atoms with Crippen molar-refractivity contribution in [2.75, 3.05) is 18.1 Å². The molecule has 1 aliphatic heterocycles. The maximum Gasteiger partial charge on any atom is 0.254 e. The van der Waals surface area contributed by atoms with Gasteiger partial charge in [-0.15, -0.1) is 0 Å². The summed E-state index contributed by atoms with van der Waals surface area (Å²) in [6.07, 6.45) is 3.40. The standard InChI is InChI=1S/C19H27N5O4S/c1-4-8-23(14-7-9-29(27,28)11-14)17(25)6-5-15-12(2)22-19-16(18(20)26)10-21-24(19)13(15)3/h10,14H,4-9,11H2,1-3H3,(H2,20,26). The molecule has 1 atom stereocenters. The lowest BCUT2D eigenvalue weighted by atomic mass is 10.0. The van der Waals surface area contributed by atoms with E-state index in [9.17, 15) is 18.0 Å². The van der Waals surface area contributed by atoms with Crippen molar-refractivity contribution < 1.29 is 18.0 Å². The van der Waals surface area contributed by atoms with E-state index in [1.165, 1.54) is 6.20 Å². The first-order chi connectivity index (χ1) is 13.6. The second-order valence-corrected chi connectivity index (χ2v) is 9.79. The first kappa shape index (κ1) is 21.2. The molecule has 9 nitrogen and oxygen atoms in total. The average Bonchev–Trinajstić information content (AvgIpc) is 3.22. The number of hydrogen-bond acceptors (Lipinski definition) is 6. The van der Waals surface area contributed by atoms with Crippen LogP contribution < -0.4 is 5.73 Å². The third-order valence-corrected chi connectivity index (χ3v) is 7.25. The number of aryl methyl sites for hydroxylation is 2. The van der Waals surface area contributed by atoms with Gasteiger partial charge in [0.1, 0.15) is 5.56 Å². The zero-order valence-electron chi connectivity index (χ0n) is 17.0. The normalized spacial score (nSPS) is 18.2. The maximum atomic E-state index is 12.9. The molecule has 0 spiro atoms. The number of hydrogen-bond donors (Lipinski definition) is 1. The van der Waals surface area contributed by atoms with Crippen molar-refractivity contribution in [2.24, 2.45) is 5.73 Å². The van der Waals surface area contributed by atoms with Gasteiger partial charge in [-0.1, -0.05) is 6.92 Å². The van der Waals surface area contributed by atoms with Gasteiger partial charge in [-0.05, 0) is 38.7 Å². The fourth-order valence-electron chi connectivity index (χ4n) is 4.00. The topological polar surface area (TPSA) is 128 Å². The smallest absolute Gasteiger partial charge is 0.254 e. The van der Waals surface area contributed by atoms with Crippen molar-refractivity contribution >= 4 is 27.3 Å². The van der Waals surface area contributed by atoms with Gasteiger partial charge in [-0.3, -0.25) is 9.59 Å². The van der Waals surface area contributed by atoms with Gasteiger partial charge in [-0.2, -0.15) is 5.10 Å². The lowest BCUT2D eigenvalue weighted by Crippen LogP contribution is -2.41. The number of carbonyl (C=O) groups is 2. The van der Waals surface area contributed by atoms with Crippen molar-refractivity contribution in [3.8, 4) is 0 Å². The number of amides is 2. The number of aromatic nitrogens is 3. The van der Waals surface area contributed by atoms with Crippen molar-refractivity contribution in [1.29, 1.82) is 0 Å². The van der Waals surface area contributed by atoms with Gasteiger partial charge in [0.2, 0.25) is 5.91 Å². The summed E-state index contributed by atoms with van der Waals surface area (Å²) < 4.78 is 25.2. The second kappa shape index (κ2) is 8.10. The molecule has 1 saturated heterocycles. The van der Waals surface area contributed by atoms with Gasteiger partial charge in [0, 0.05) is 30.4 Å². The van der Waals surface area contributed by atoms with Crippen LogP contribution in [0.5, 0.6) is 0 Å². The molecule has 1 unspecified atom stereocenters. The predicted octanol–water partition coefficient (Wildman–Crippen LogP) is 0.803. The van der Waals surface area contributed by atoms with Crippen LogP contribution in [0.15, 0.2) is 6.20 Å². The Morgan fingerprint density at radius 3 is 2.66 bits per heavy atom. The van der Waals surface area contributed by atoms with Crippen molar-refractivity contribution in [1.82, 2.24) is 19.5 Å². The Morgan fingerprint density at radius 2 is 2.07 bits per heavy atom. The van der Waals surface area contributed by atoms with E-state index in [4.69, 9.17) is 5.73 Å². The number of nitrogens with zero attached hydrogens (tertiary/aromatic N) is 4. The van der Waals surface area contributed by atoms with Gasteiger partial charge >= 0.3 is 0 Å². The minimum Gasteiger partial charge on any atom is -0.365 e. The number of fused-ring (bicyclic) bond motifs is 1. The summed E-state index contributed by atoms with van der Waals surface area (Å²) in [5.41, 5.74) is 8.46. The van der Waals surface area contributed by atoms with Gasteiger partial charge in [0.05, 0.1) is 17.7 Å². The van der Waals surface area contributed by atoms with E-state index in [2.05, 4.69) is 10.1 Å². The van der Waals surface area contributed by atoms with Gasteiger partial charge in [-0.25, -0.2) is 17.9 Å². The average molecular weight is 422 g/mol. The molecule has 10 heteroatoms. The molecule has 2 amide bonds. The van der Waals surface area contributed by atoms with Gasteiger partial charge in [0.25, 0.3) is 5.91 Å². The van der Waals surface area contributed by atoms with Crippen LogP contribution in [-0.2, 0) is 21.1 Å². The Balaban J connectivity index is 1.80. The molecular weight excluding hydrogens is 394 g/mol. The van der Waals surface area contributed by atoms with Crippen LogP contribution in [-0.4, -0.2) is 63.8 Å².